The maximum atomic E-state index is 12.5. The Labute approximate surface area is 220 Å². The summed E-state index contributed by atoms with van der Waals surface area (Å²) in [5.41, 5.74) is 3.39. The number of aromatic nitrogens is 2. The second-order valence-electron chi connectivity index (χ2n) is 9.35. The van der Waals surface area contributed by atoms with Crippen molar-refractivity contribution in [2.24, 2.45) is 0 Å². The summed E-state index contributed by atoms with van der Waals surface area (Å²) in [6, 6.07) is 4.27. The van der Waals surface area contributed by atoms with Crippen LogP contribution in [0.1, 0.15) is 73.1 Å². The zero-order valence-corrected chi connectivity index (χ0v) is 23.6. The summed E-state index contributed by atoms with van der Waals surface area (Å²) >= 11 is 6.11. The Morgan fingerprint density at radius 2 is 1.92 bits per heavy atom. The summed E-state index contributed by atoms with van der Waals surface area (Å²) in [7, 11) is 3.99. The number of hydrogen-bond acceptors (Lipinski definition) is 5. The highest BCUT2D eigenvalue weighted by molar-refractivity contribution is 6.31. The molecule has 2 aromatic rings. The number of halogens is 1. The van der Waals surface area contributed by atoms with Gasteiger partial charge in [-0.05, 0) is 65.3 Å². The van der Waals surface area contributed by atoms with Gasteiger partial charge in [0.05, 0.1) is 18.7 Å². The molecular formula is C27H44ClN5O3. The number of carbonyl (C=O) groups is 1. The standard InChI is InChI=1S/C17H23ClN4O2.C10H21NO/c1-5-19-15-8-12(18)7-13(10(15)3)16(23)20-9-14-11(4)22(6-2)21-17(14)24;1-11(8-9-12-2)10-6-4-3-5-7-10/h7-8,19H,5-6,9H2,1-4H3,(H,20,23)(H,21,24);10H,3-9H2,1-2H3. The zero-order valence-electron chi connectivity index (χ0n) is 22.8. The van der Waals surface area contributed by atoms with Crippen molar-refractivity contribution in [3.05, 3.63) is 49.9 Å². The zero-order chi connectivity index (χ0) is 26.7. The molecule has 3 rings (SSSR count). The topological polar surface area (TPSA) is 91.4 Å². The van der Waals surface area contributed by atoms with E-state index in [0.29, 0.717) is 22.7 Å². The number of anilines is 1. The fraction of sp³-hybridized carbons (Fsp3) is 0.630. The first kappa shape index (κ1) is 29.9. The van der Waals surface area contributed by atoms with Gasteiger partial charge in [0, 0.05) is 54.8 Å². The molecule has 1 aromatic carbocycles. The number of amides is 1. The lowest BCUT2D eigenvalue weighted by Gasteiger charge is -2.30. The highest BCUT2D eigenvalue weighted by Crippen LogP contribution is 2.25. The van der Waals surface area contributed by atoms with Gasteiger partial charge in [0.2, 0.25) is 0 Å². The first-order valence-corrected chi connectivity index (χ1v) is 13.4. The smallest absolute Gasteiger partial charge is 0.269 e. The van der Waals surface area contributed by atoms with Crippen LogP contribution >= 0.6 is 11.6 Å². The number of H-pyrrole nitrogens is 1. The lowest BCUT2D eigenvalue weighted by molar-refractivity contribution is 0.0950. The molecule has 0 radical (unpaired) electrons. The van der Waals surface area contributed by atoms with Gasteiger partial charge in [-0.25, -0.2) is 0 Å². The monoisotopic (exact) mass is 521 g/mol. The Morgan fingerprint density at radius 3 is 2.50 bits per heavy atom. The van der Waals surface area contributed by atoms with Gasteiger partial charge in [0.1, 0.15) is 0 Å². The fourth-order valence-corrected chi connectivity index (χ4v) is 4.84. The van der Waals surface area contributed by atoms with E-state index in [1.54, 1.807) is 23.9 Å². The largest absolute Gasteiger partial charge is 0.385 e. The van der Waals surface area contributed by atoms with E-state index < -0.39 is 0 Å². The van der Waals surface area contributed by atoms with Crippen LogP contribution in [0.3, 0.4) is 0 Å². The molecule has 3 N–H and O–H groups in total. The third-order valence-corrected chi connectivity index (χ3v) is 7.14. The molecule has 0 unspecified atom stereocenters. The molecule has 1 aliphatic carbocycles. The first-order valence-electron chi connectivity index (χ1n) is 13.0. The molecule has 9 heteroatoms. The molecule has 0 saturated heterocycles. The number of aryl methyl sites for hydroxylation is 1. The highest BCUT2D eigenvalue weighted by atomic mass is 35.5. The quantitative estimate of drug-likeness (QED) is 0.420. The van der Waals surface area contributed by atoms with Crippen LogP contribution in [0, 0.1) is 13.8 Å². The normalized spacial score (nSPS) is 13.9. The molecular weight excluding hydrogens is 478 g/mol. The number of aromatic amines is 1. The van der Waals surface area contributed by atoms with Gasteiger partial charge in [0.25, 0.3) is 11.5 Å². The van der Waals surface area contributed by atoms with Crippen molar-refractivity contribution in [1.82, 2.24) is 20.0 Å². The maximum Gasteiger partial charge on any atom is 0.269 e. The van der Waals surface area contributed by atoms with Gasteiger partial charge in [-0.15, -0.1) is 0 Å². The molecule has 1 aromatic heterocycles. The molecule has 1 amide bonds. The van der Waals surface area contributed by atoms with E-state index in [-0.39, 0.29) is 18.0 Å². The van der Waals surface area contributed by atoms with E-state index in [4.69, 9.17) is 16.3 Å². The fourth-order valence-electron chi connectivity index (χ4n) is 4.62. The number of methoxy groups -OCH3 is 1. The van der Waals surface area contributed by atoms with Crippen molar-refractivity contribution in [3.63, 3.8) is 0 Å². The summed E-state index contributed by atoms with van der Waals surface area (Å²) in [6.07, 6.45) is 7.05. The number of carbonyl (C=O) groups excluding carboxylic acids is 1. The average Bonchev–Trinajstić information content (AvgIpc) is 3.16. The van der Waals surface area contributed by atoms with Crippen LogP contribution in [-0.4, -0.2) is 60.5 Å². The van der Waals surface area contributed by atoms with Crippen molar-refractivity contribution < 1.29 is 9.53 Å². The average molecular weight is 522 g/mol. The van der Waals surface area contributed by atoms with Crippen LogP contribution in [0.15, 0.2) is 16.9 Å². The Morgan fingerprint density at radius 1 is 1.22 bits per heavy atom. The Balaban J connectivity index is 0.000000319. The van der Waals surface area contributed by atoms with Crippen molar-refractivity contribution in [1.29, 1.82) is 0 Å². The molecule has 0 spiro atoms. The molecule has 1 saturated carbocycles. The number of likely N-dealkylation sites (N-methyl/N-ethyl adjacent to an activating group) is 1. The lowest BCUT2D eigenvalue weighted by atomic mass is 9.94. The van der Waals surface area contributed by atoms with E-state index >= 15 is 0 Å². The molecule has 0 atom stereocenters. The lowest BCUT2D eigenvalue weighted by Crippen LogP contribution is -2.35. The van der Waals surface area contributed by atoms with Crippen LogP contribution in [0.4, 0.5) is 5.69 Å². The van der Waals surface area contributed by atoms with Crippen LogP contribution in [0.2, 0.25) is 5.02 Å². The molecule has 0 aliphatic heterocycles. The number of ether oxygens (including phenoxy) is 1. The van der Waals surface area contributed by atoms with Crippen molar-refractivity contribution in [3.8, 4) is 0 Å². The molecule has 36 heavy (non-hydrogen) atoms. The van der Waals surface area contributed by atoms with Crippen molar-refractivity contribution in [2.75, 3.05) is 39.2 Å². The molecule has 1 aliphatic rings. The first-order chi connectivity index (χ1) is 17.2. The van der Waals surface area contributed by atoms with Gasteiger partial charge in [0.15, 0.2) is 0 Å². The highest BCUT2D eigenvalue weighted by Gasteiger charge is 2.17. The third kappa shape index (κ3) is 8.39. The van der Waals surface area contributed by atoms with E-state index in [1.807, 2.05) is 27.7 Å². The van der Waals surface area contributed by atoms with Crippen molar-refractivity contribution >= 4 is 23.2 Å². The minimum Gasteiger partial charge on any atom is -0.385 e. The van der Waals surface area contributed by atoms with Gasteiger partial charge < -0.3 is 20.3 Å². The van der Waals surface area contributed by atoms with E-state index in [9.17, 15) is 9.59 Å². The SMILES string of the molecule is CCNc1cc(Cl)cc(C(=O)NCc2c(C)n(CC)[nH]c2=O)c1C.COCCN(C)C1CCCCC1. The summed E-state index contributed by atoms with van der Waals surface area (Å²) in [5, 5.41) is 9.25. The minimum atomic E-state index is -0.253. The van der Waals surface area contributed by atoms with Crippen LogP contribution in [-0.2, 0) is 17.8 Å². The summed E-state index contributed by atoms with van der Waals surface area (Å²) in [6.45, 7) is 11.2. The summed E-state index contributed by atoms with van der Waals surface area (Å²) in [5.74, 6) is -0.253. The predicted molar refractivity (Wildman–Crippen MR) is 148 cm³/mol. The van der Waals surface area contributed by atoms with Crippen LogP contribution in [0.25, 0.3) is 0 Å². The third-order valence-electron chi connectivity index (χ3n) is 6.92. The second-order valence-corrected chi connectivity index (χ2v) is 9.79. The van der Waals surface area contributed by atoms with Crippen LogP contribution in [0.5, 0.6) is 0 Å². The van der Waals surface area contributed by atoms with Gasteiger partial charge in [-0.1, -0.05) is 30.9 Å². The number of hydrogen-bond donors (Lipinski definition) is 3. The van der Waals surface area contributed by atoms with Gasteiger partial charge in [-0.2, -0.15) is 0 Å². The number of nitrogens with zero attached hydrogens (tertiary/aromatic N) is 2. The second kappa shape index (κ2) is 15.1. The molecule has 8 nitrogen and oxygen atoms in total. The maximum absolute atomic E-state index is 12.5. The predicted octanol–water partition coefficient (Wildman–Crippen LogP) is 4.73. The number of benzene rings is 1. The number of nitrogens with one attached hydrogen (secondary N) is 3. The van der Waals surface area contributed by atoms with Crippen LogP contribution < -0.4 is 16.2 Å². The molecule has 1 fully saturated rings. The minimum absolute atomic E-state index is 0.175. The Bertz CT molecular complexity index is 1030. The van der Waals surface area contributed by atoms with Crippen molar-refractivity contribution in [2.45, 2.75) is 78.9 Å². The number of rotatable bonds is 10. The molecule has 1 heterocycles. The molecule has 202 valence electrons. The Kier molecular flexibility index (Phi) is 12.5. The van der Waals surface area contributed by atoms with E-state index in [0.717, 1.165) is 42.7 Å². The summed E-state index contributed by atoms with van der Waals surface area (Å²) in [4.78, 5) is 26.9. The Hall–Kier alpha value is -2.29. The molecule has 0 bridgehead atoms. The van der Waals surface area contributed by atoms with E-state index in [2.05, 4.69) is 27.7 Å². The van der Waals surface area contributed by atoms with E-state index in [1.165, 1.54) is 32.1 Å². The summed E-state index contributed by atoms with van der Waals surface area (Å²) < 4.78 is 6.82. The van der Waals surface area contributed by atoms with Gasteiger partial charge >= 0.3 is 0 Å². The van der Waals surface area contributed by atoms with Gasteiger partial charge in [-0.3, -0.25) is 19.4 Å².